The summed E-state index contributed by atoms with van der Waals surface area (Å²) in [5.41, 5.74) is 1.43. The van der Waals surface area contributed by atoms with Gasteiger partial charge in [-0.05, 0) is 54.8 Å². The number of hydrogen-bond donors (Lipinski definition) is 0. The second-order valence-corrected chi connectivity index (χ2v) is 10.4. The summed E-state index contributed by atoms with van der Waals surface area (Å²) in [5, 5.41) is 0.620. The molecule has 0 aromatic heterocycles. The van der Waals surface area contributed by atoms with Gasteiger partial charge in [-0.2, -0.15) is 0 Å². The Balaban J connectivity index is 1.75. The summed E-state index contributed by atoms with van der Waals surface area (Å²) in [6, 6.07) is 14.0. The zero-order chi connectivity index (χ0) is 21.6. The number of halogens is 1. The van der Waals surface area contributed by atoms with Gasteiger partial charge in [-0.3, -0.25) is 4.79 Å². The fraction of sp³-hybridized carbons (Fsp3) is 0.435. The van der Waals surface area contributed by atoms with Crippen LogP contribution in [0.1, 0.15) is 48.5 Å². The molecule has 0 bridgehead atoms. The third-order valence-electron chi connectivity index (χ3n) is 5.29. The van der Waals surface area contributed by atoms with Gasteiger partial charge in [0.2, 0.25) is 0 Å². The maximum Gasteiger partial charge on any atom is 0.254 e. The summed E-state index contributed by atoms with van der Waals surface area (Å²) in [6.45, 7) is 3.14. The number of amides is 1. The lowest BCUT2D eigenvalue weighted by Gasteiger charge is -2.28. The van der Waals surface area contributed by atoms with Crippen molar-refractivity contribution < 1.29 is 17.9 Å². The molecule has 1 heterocycles. The van der Waals surface area contributed by atoms with Crippen LogP contribution < -0.4 is 4.74 Å². The average molecular weight is 450 g/mol. The van der Waals surface area contributed by atoms with Crippen LogP contribution >= 0.6 is 11.6 Å². The minimum atomic E-state index is -3.11. The zero-order valence-electron chi connectivity index (χ0n) is 17.2. The van der Waals surface area contributed by atoms with Crippen molar-refractivity contribution in [1.29, 1.82) is 0 Å². The first-order valence-corrected chi connectivity index (χ1v) is 12.6. The van der Waals surface area contributed by atoms with Crippen molar-refractivity contribution in [2.75, 3.05) is 18.1 Å². The van der Waals surface area contributed by atoms with E-state index in [9.17, 15) is 13.2 Å². The Bertz CT molecular complexity index is 942. The normalized spacial score (nSPS) is 17.6. The molecule has 1 amide bonds. The number of hydrogen-bond acceptors (Lipinski definition) is 4. The fourth-order valence-corrected chi connectivity index (χ4v) is 5.43. The van der Waals surface area contributed by atoms with E-state index in [0.29, 0.717) is 30.2 Å². The molecular formula is C23H28ClNO4S. The molecule has 1 fully saturated rings. The van der Waals surface area contributed by atoms with Gasteiger partial charge in [0.15, 0.2) is 9.84 Å². The van der Waals surface area contributed by atoms with Gasteiger partial charge in [-0.1, -0.05) is 43.5 Å². The quantitative estimate of drug-likeness (QED) is 0.519. The first-order valence-electron chi connectivity index (χ1n) is 10.4. The monoisotopic (exact) mass is 449 g/mol. The van der Waals surface area contributed by atoms with E-state index >= 15 is 0 Å². The Hall–Kier alpha value is -2.05. The molecule has 5 nitrogen and oxygen atoms in total. The van der Waals surface area contributed by atoms with Crippen LogP contribution in [0.3, 0.4) is 0 Å². The van der Waals surface area contributed by atoms with E-state index in [1.54, 1.807) is 41.3 Å². The van der Waals surface area contributed by atoms with Crippen molar-refractivity contribution in [2.24, 2.45) is 0 Å². The number of ether oxygens (including phenoxy) is 1. The third-order valence-corrected chi connectivity index (χ3v) is 7.30. The van der Waals surface area contributed by atoms with E-state index in [1.807, 2.05) is 12.1 Å². The minimum absolute atomic E-state index is 0.00491. The van der Waals surface area contributed by atoms with Gasteiger partial charge >= 0.3 is 0 Å². The smallest absolute Gasteiger partial charge is 0.254 e. The molecular weight excluding hydrogens is 422 g/mol. The van der Waals surface area contributed by atoms with E-state index in [4.69, 9.17) is 16.3 Å². The van der Waals surface area contributed by atoms with Crippen LogP contribution in [0.15, 0.2) is 48.5 Å². The van der Waals surface area contributed by atoms with Crippen LogP contribution in [0, 0.1) is 0 Å². The lowest BCUT2D eigenvalue weighted by molar-refractivity contribution is 0.0681. The van der Waals surface area contributed by atoms with Crippen molar-refractivity contribution in [3.05, 3.63) is 64.7 Å². The largest absolute Gasteiger partial charge is 0.494 e. The Morgan fingerprint density at radius 3 is 2.40 bits per heavy atom. The van der Waals surface area contributed by atoms with E-state index in [-0.39, 0.29) is 23.5 Å². The van der Waals surface area contributed by atoms with Crippen LogP contribution in [0.2, 0.25) is 5.02 Å². The van der Waals surface area contributed by atoms with Crippen molar-refractivity contribution in [3.63, 3.8) is 0 Å². The molecule has 2 aromatic carbocycles. The molecule has 7 heteroatoms. The van der Waals surface area contributed by atoms with Gasteiger partial charge in [-0.25, -0.2) is 8.42 Å². The number of carbonyl (C=O) groups excluding carboxylic acids is 1. The van der Waals surface area contributed by atoms with Crippen LogP contribution in [0.25, 0.3) is 0 Å². The van der Waals surface area contributed by atoms with Gasteiger partial charge in [0.25, 0.3) is 5.91 Å². The zero-order valence-corrected chi connectivity index (χ0v) is 18.8. The maximum absolute atomic E-state index is 13.3. The van der Waals surface area contributed by atoms with Gasteiger partial charge in [0.1, 0.15) is 5.75 Å². The predicted molar refractivity (Wildman–Crippen MR) is 120 cm³/mol. The topological polar surface area (TPSA) is 63.7 Å². The number of benzene rings is 2. The molecule has 1 saturated heterocycles. The van der Waals surface area contributed by atoms with Crippen LogP contribution in [-0.4, -0.2) is 43.4 Å². The van der Waals surface area contributed by atoms with E-state index in [2.05, 4.69) is 6.92 Å². The highest BCUT2D eigenvalue weighted by molar-refractivity contribution is 7.91. The van der Waals surface area contributed by atoms with E-state index in [1.165, 1.54) is 0 Å². The lowest BCUT2D eigenvalue weighted by Crippen LogP contribution is -2.40. The Labute approximate surface area is 183 Å². The number of rotatable bonds is 9. The van der Waals surface area contributed by atoms with Crippen molar-refractivity contribution >= 4 is 27.3 Å². The van der Waals surface area contributed by atoms with Crippen LogP contribution in [0.5, 0.6) is 5.75 Å². The van der Waals surface area contributed by atoms with Gasteiger partial charge < -0.3 is 9.64 Å². The second kappa shape index (κ2) is 10.3. The highest BCUT2D eigenvalue weighted by Gasteiger charge is 2.35. The summed E-state index contributed by atoms with van der Waals surface area (Å²) >= 11 is 5.97. The van der Waals surface area contributed by atoms with Crippen LogP contribution in [-0.2, 0) is 16.4 Å². The van der Waals surface area contributed by atoms with Crippen molar-refractivity contribution in [2.45, 2.75) is 45.2 Å². The molecule has 0 unspecified atom stereocenters. The lowest BCUT2D eigenvalue weighted by atomic mass is 10.1. The number of sulfone groups is 1. The third kappa shape index (κ3) is 6.22. The standard InChI is InChI=1S/C23H28ClNO4S/c1-2-3-4-14-29-22-11-7-19(8-12-22)23(26)25(21-13-15-30(27,28)17-21)16-18-5-9-20(24)10-6-18/h5-12,21H,2-4,13-17H2,1H3/t21-/m0/s1. The first-order chi connectivity index (χ1) is 14.4. The molecule has 0 aliphatic carbocycles. The molecule has 2 aromatic rings. The van der Waals surface area contributed by atoms with Crippen molar-refractivity contribution in [1.82, 2.24) is 4.90 Å². The summed E-state index contributed by atoms with van der Waals surface area (Å²) in [7, 11) is -3.11. The number of unbranched alkanes of at least 4 members (excludes halogenated alkanes) is 2. The van der Waals surface area contributed by atoms with E-state index in [0.717, 1.165) is 30.6 Å². The molecule has 1 atom stereocenters. The first kappa shape index (κ1) is 22.6. The average Bonchev–Trinajstić information content (AvgIpc) is 3.10. The SMILES string of the molecule is CCCCCOc1ccc(C(=O)N(Cc2ccc(Cl)cc2)[C@H]2CCS(=O)(=O)C2)cc1. The summed E-state index contributed by atoms with van der Waals surface area (Å²) in [6.07, 6.45) is 3.72. The highest BCUT2D eigenvalue weighted by atomic mass is 35.5. The molecule has 0 radical (unpaired) electrons. The molecule has 162 valence electrons. The van der Waals surface area contributed by atoms with Gasteiger partial charge in [-0.15, -0.1) is 0 Å². The molecule has 0 spiro atoms. The van der Waals surface area contributed by atoms with E-state index < -0.39 is 9.84 Å². The predicted octanol–water partition coefficient (Wildman–Crippen LogP) is 4.74. The molecule has 3 rings (SSSR count). The molecule has 0 N–H and O–H groups in total. The summed E-state index contributed by atoms with van der Waals surface area (Å²) < 4.78 is 29.8. The molecule has 30 heavy (non-hydrogen) atoms. The molecule has 1 aliphatic rings. The molecule has 0 saturated carbocycles. The van der Waals surface area contributed by atoms with Crippen molar-refractivity contribution in [3.8, 4) is 5.75 Å². The maximum atomic E-state index is 13.3. The van der Waals surface area contributed by atoms with Crippen LogP contribution in [0.4, 0.5) is 0 Å². The summed E-state index contributed by atoms with van der Waals surface area (Å²) in [5.74, 6) is 0.678. The summed E-state index contributed by atoms with van der Waals surface area (Å²) in [4.78, 5) is 15.0. The minimum Gasteiger partial charge on any atom is -0.494 e. The Kier molecular flexibility index (Phi) is 7.78. The Morgan fingerprint density at radius 2 is 1.80 bits per heavy atom. The Morgan fingerprint density at radius 1 is 1.10 bits per heavy atom. The van der Waals surface area contributed by atoms with Gasteiger partial charge in [0.05, 0.1) is 18.1 Å². The highest BCUT2D eigenvalue weighted by Crippen LogP contribution is 2.24. The van der Waals surface area contributed by atoms with Gasteiger partial charge in [0, 0.05) is 23.2 Å². The fourth-order valence-electron chi connectivity index (χ4n) is 3.58. The second-order valence-electron chi connectivity index (χ2n) is 7.70. The number of carbonyl (C=O) groups is 1. The molecule has 1 aliphatic heterocycles. The number of nitrogens with zero attached hydrogens (tertiary/aromatic N) is 1.